The van der Waals surface area contributed by atoms with Gasteiger partial charge < -0.3 is 21.3 Å². The fraction of sp³-hybridized carbons (Fsp3) is 0.583. The Kier molecular flexibility index (Phi) is 10.1. The van der Waals surface area contributed by atoms with Crippen LogP contribution in [0.2, 0.25) is 5.02 Å². The number of amides is 3. The number of nitrogens with zero attached hydrogens (tertiary/aromatic N) is 1. The summed E-state index contributed by atoms with van der Waals surface area (Å²) >= 11 is 6.13. The number of nitrogens with two attached hydrogens (primary N) is 1. The van der Waals surface area contributed by atoms with E-state index < -0.39 is 5.41 Å². The third-order valence-electron chi connectivity index (χ3n) is 10.1. The molecule has 2 aromatic carbocycles. The van der Waals surface area contributed by atoms with Crippen LogP contribution in [0.4, 0.5) is 0 Å². The summed E-state index contributed by atoms with van der Waals surface area (Å²) in [6.07, 6.45) is 8.36. The maximum absolute atomic E-state index is 13.8. The van der Waals surface area contributed by atoms with Gasteiger partial charge in [-0.25, -0.2) is 0 Å². The lowest BCUT2D eigenvalue weighted by Gasteiger charge is -2.47. The van der Waals surface area contributed by atoms with Crippen LogP contribution >= 0.6 is 11.6 Å². The highest BCUT2D eigenvalue weighted by Gasteiger charge is 2.48. The number of carbonyl (C=O) groups is 3. The number of likely N-dealkylation sites (tertiary alicyclic amines) is 1. The maximum atomic E-state index is 13.8. The number of nitrogens with one attached hydrogen (secondary N) is 2. The van der Waals surface area contributed by atoms with Gasteiger partial charge in [0.05, 0.1) is 11.3 Å². The van der Waals surface area contributed by atoms with Crippen LogP contribution in [-0.2, 0) is 27.2 Å². The molecule has 0 bridgehead atoms. The molecule has 238 valence electrons. The molecule has 8 heteroatoms. The number of carbonyl (C=O) groups excluding carboxylic acids is 3. The topological polar surface area (TPSA) is 105 Å². The highest BCUT2D eigenvalue weighted by molar-refractivity contribution is 6.30. The van der Waals surface area contributed by atoms with Crippen molar-refractivity contribution in [1.82, 2.24) is 15.5 Å². The number of benzene rings is 2. The normalized spacial score (nSPS) is 22.6. The van der Waals surface area contributed by atoms with E-state index in [0.717, 1.165) is 29.5 Å². The van der Waals surface area contributed by atoms with Gasteiger partial charge in [-0.2, -0.15) is 0 Å². The minimum absolute atomic E-state index is 0.0109. The van der Waals surface area contributed by atoms with E-state index in [9.17, 15) is 14.4 Å². The number of rotatable bonds is 8. The number of hydrogen-bond acceptors (Lipinski definition) is 4. The van der Waals surface area contributed by atoms with E-state index in [-0.39, 0.29) is 47.7 Å². The average Bonchev–Trinajstić information content (AvgIpc) is 3.34. The molecule has 1 saturated heterocycles. The van der Waals surface area contributed by atoms with Gasteiger partial charge in [-0.1, -0.05) is 67.3 Å². The fourth-order valence-corrected chi connectivity index (χ4v) is 7.83. The van der Waals surface area contributed by atoms with Gasteiger partial charge >= 0.3 is 0 Å². The summed E-state index contributed by atoms with van der Waals surface area (Å²) in [7, 11) is 0. The molecule has 44 heavy (non-hydrogen) atoms. The molecule has 3 amide bonds. The third kappa shape index (κ3) is 7.48. The molecular weight excluding hydrogens is 572 g/mol. The zero-order valence-electron chi connectivity index (χ0n) is 26.5. The van der Waals surface area contributed by atoms with Crippen LogP contribution in [0, 0.1) is 17.3 Å². The van der Waals surface area contributed by atoms with Crippen molar-refractivity contribution in [1.29, 1.82) is 0 Å². The molecule has 4 N–H and O–H groups in total. The van der Waals surface area contributed by atoms with Gasteiger partial charge in [0.15, 0.2) is 0 Å². The van der Waals surface area contributed by atoms with Gasteiger partial charge in [0, 0.05) is 42.2 Å². The van der Waals surface area contributed by atoms with Crippen molar-refractivity contribution in [3.63, 3.8) is 0 Å². The molecule has 2 fully saturated rings. The predicted molar refractivity (Wildman–Crippen MR) is 175 cm³/mol. The Bertz CT molecular complexity index is 1320. The van der Waals surface area contributed by atoms with Crippen LogP contribution in [-0.4, -0.2) is 47.3 Å². The molecule has 0 spiro atoms. The molecule has 0 radical (unpaired) electrons. The van der Waals surface area contributed by atoms with Crippen molar-refractivity contribution in [3.05, 3.63) is 70.2 Å². The van der Waals surface area contributed by atoms with E-state index in [1.54, 1.807) is 0 Å². The van der Waals surface area contributed by atoms with Gasteiger partial charge in [0.25, 0.3) is 0 Å². The number of halogens is 1. The fourth-order valence-electron chi connectivity index (χ4n) is 7.71. The quantitative estimate of drug-likeness (QED) is 0.350. The van der Waals surface area contributed by atoms with Crippen LogP contribution < -0.4 is 16.4 Å². The molecule has 2 aliphatic carbocycles. The lowest BCUT2D eigenvalue weighted by atomic mass is 9.63. The first-order valence-corrected chi connectivity index (χ1v) is 16.8. The van der Waals surface area contributed by atoms with E-state index in [4.69, 9.17) is 17.3 Å². The summed E-state index contributed by atoms with van der Waals surface area (Å²) in [5.41, 5.74) is 8.91. The molecule has 0 aromatic heterocycles. The highest BCUT2D eigenvalue weighted by atomic mass is 35.5. The van der Waals surface area contributed by atoms with Crippen molar-refractivity contribution in [2.24, 2.45) is 23.0 Å². The lowest BCUT2D eigenvalue weighted by Crippen LogP contribution is -2.57. The molecule has 1 saturated carbocycles. The Balaban J connectivity index is 1.27. The number of piperidine rings is 1. The van der Waals surface area contributed by atoms with E-state index in [1.165, 1.54) is 19.3 Å². The molecule has 0 unspecified atom stereocenters. The summed E-state index contributed by atoms with van der Waals surface area (Å²) in [6, 6.07) is 14.7. The van der Waals surface area contributed by atoms with Crippen molar-refractivity contribution in [2.75, 3.05) is 13.1 Å². The summed E-state index contributed by atoms with van der Waals surface area (Å²) < 4.78 is 0. The maximum Gasteiger partial charge on any atom is 0.227 e. The van der Waals surface area contributed by atoms with E-state index >= 15 is 0 Å². The molecule has 2 aromatic rings. The lowest BCUT2D eigenvalue weighted by molar-refractivity contribution is -0.146. The van der Waals surface area contributed by atoms with Gasteiger partial charge in [-0.15, -0.1) is 0 Å². The number of fused-ring (bicyclic) bond motifs is 1. The smallest absolute Gasteiger partial charge is 0.227 e. The van der Waals surface area contributed by atoms with E-state index in [1.807, 2.05) is 74.2 Å². The summed E-state index contributed by atoms with van der Waals surface area (Å²) in [5, 5.41) is 7.13. The molecule has 3 atom stereocenters. The molecule has 3 aliphatic rings. The Morgan fingerprint density at radius 1 is 1.00 bits per heavy atom. The van der Waals surface area contributed by atoms with E-state index in [2.05, 4.69) is 10.6 Å². The summed E-state index contributed by atoms with van der Waals surface area (Å²) in [5.74, 6) is 0.0203. The Morgan fingerprint density at radius 2 is 1.66 bits per heavy atom. The molecule has 1 aliphatic heterocycles. The highest BCUT2D eigenvalue weighted by Crippen LogP contribution is 2.46. The molecule has 7 nitrogen and oxygen atoms in total. The Hall–Kier alpha value is -2.90. The third-order valence-corrected chi connectivity index (χ3v) is 10.4. The Morgan fingerprint density at radius 3 is 2.30 bits per heavy atom. The monoisotopic (exact) mass is 620 g/mol. The molecule has 5 rings (SSSR count). The van der Waals surface area contributed by atoms with Crippen LogP contribution in [0.5, 0.6) is 0 Å². The number of hydrogen-bond donors (Lipinski definition) is 3. The van der Waals surface area contributed by atoms with E-state index in [0.29, 0.717) is 49.7 Å². The predicted octanol–water partition coefficient (Wildman–Crippen LogP) is 5.73. The van der Waals surface area contributed by atoms with Crippen LogP contribution in [0.25, 0.3) is 0 Å². The van der Waals surface area contributed by atoms with Crippen molar-refractivity contribution >= 4 is 29.3 Å². The van der Waals surface area contributed by atoms with Crippen LogP contribution in [0.3, 0.4) is 0 Å². The minimum atomic E-state index is -0.435. The second kappa shape index (κ2) is 13.6. The van der Waals surface area contributed by atoms with Crippen molar-refractivity contribution in [2.45, 2.75) is 103 Å². The van der Waals surface area contributed by atoms with Crippen molar-refractivity contribution < 1.29 is 14.4 Å². The van der Waals surface area contributed by atoms with Crippen LogP contribution in [0.1, 0.15) is 94.9 Å². The first-order valence-electron chi connectivity index (χ1n) is 16.4. The summed E-state index contributed by atoms with van der Waals surface area (Å²) in [4.78, 5) is 43.1. The SMILES string of the molecule is CC(C)(C)NC(=O)C1(C2CCCCC2)CCN(C(=O)C[C@H](Cc2ccc(Cl)cc2)NC(=O)[C@@H]2Cc3ccccc3[C@@H]2N)CC1. The van der Waals surface area contributed by atoms with Gasteiger partial charge in [-0.05, 0) is 94.0 Å². The largest absolute Gasteiger partial charge is 0.352 e. The Labute approximate surface area is 267 Å². The van der Waals surface area contributed by atoms with Crippen LogP contribution in [0.15, 0.2) is 48.5 Å². The van der Waals surface area contributed by atoms with Gasteiger partial charge in [0.1, 0.15) is 0 Å². The van der Waals surface area contributed by atoms with Gasteiger partial charge in [-0.3, -0.25) is 14.4 Å². The van der Waals surface area contributed by atoms with Crippen molar-refractivity contribution in [3.8, 4) is 0 Å². The standard InChI is InChI=1S/C36H49ClN4O3/c1-35(2,3)40-34(44)36(26-10-5-4-6-11-26)17-19-41(20-18-36)31(42)23-28(21-24-13-15-27(37)16-14-24)39-33(43)30-22-25-9-7-8-12-29(25)32(30)38/h7-9,12-16,26,28,30,32H,4-6,10-11,17-23,38H2,1-3H3,(H,39,43)(H,40,44)/t28-,30+,32-/m0/s1. The first-order chi connectivity index (χ1) is 20.9. The second-order valence-electron chi connectivity index (χ2n) is 14.4. The average molecular weight is 621 g/mol. The zero-order chi connectivity index (χ0) is 31.5. The molecule has 1 heterocycles. The second-order valence-corrected chi connectivity index (χ2v) is 14.8. The van der Waals surface area contributed by atoms with Gasteiger partial charge in [0.2, 0.25) is 17.7 Å². The summed E-state index contributed by atoms with van der Waals surface area (Å²) in [6.45, 7) is 7.20. The zero-order valence-corrected chi connectivity index (χ0v) is 27.3. The molecular formula is C36H49ClN4O3. The minimum Gasteiger partial charge on any atom is -0.352 e. The first kappa shape index (κ1) is 32.5.